The van der Waals surface area contributed by atoms with Gasteiger partial charge in [0.2, 0.25) is 0 Å². The number of nitrogens with zero attached hydrogens (tertiary/aromatic N) is 2. The zero-order valence-electron chi connectivity index (χ0n) is 11.3. The molecule has 0 spiro atoms. The van der Waals surface area contributed by atoms with Gasteiger partial charge in [0.15, 0.2) is 0 Å². The largest absolute Gasteiger partial charge is 0.236 e. The molecule has 1 heterocycles. The van der Waals surface area contributed by atoms with Gasteiger partial charge >= 0.3 is 0 Å². The van der Waals surface area contributed by atoms with E-state index in [0.717, 1.165) is 22.2 Å². The molecular weight excluding hydrogens is 343 g/mol. The van der Waals surface area contributed by atoms with E-state index in [-0.39, 0.29) is 5.82 Å². The van der Waals surface area contributed by atoms with Gasteiger partial charge in [-0.05, 0) is 46.0 Å². The van der Waals surface area contributed by atoms with Crippen LogP contribution < -0.4 is 0 Å². The van der Waals surface area contributed by atoms with Crippen molar-refractivity contribution in [1.82, 2.24) is 9.97 Å². The highest BCUT2D eigenvalue weighted by molar-refractivity contribution is 9.10. The lowest BCUT2D eigenvalue weighted by Gasteiger charge is -2.10. The summed E-state index contributed by atoms with van der Waals surface area (Å²) in [6, 6.07) is 6.34. The van der Waals surface area contributed by atoms with Crippen LogP contribution in [0.2, 0.25) is 5.15 Å². The Balaban J connectivity index is 2.27. The van der Waals surface area contributed by atoms with Gasteiger partial charge in [-0.25, -0.2) is 14.4 Å². The quantitative estimate of drug-likeness (QED) is 0.733. The average Bonchev–Trinajstić information content (AvgIpc) is 2.37. The van der Waals surface area contributed by atoms with E-state index in [9.17, 15) is 4.39 Å². The van der Waals surface area contributed by atoms with Crippen molar-refractivity contribution >= 4 is 27.5 Å². The molecule has 1 aromatic heterocycles. The summed E-state index contributed by atoms with van der Waals surface area (Å²) < 4.78 is 13.7. The van der Waals surface area contributed by atoms with Crippen LogP contribution in [0.15, 0.2) is 28.7 Å². The molecule has 0 fully saturated rings. The first-order valence-corrected chi connectivity index (χ1v) is 7.58. The molecule has 0 aliphatic rings. The Morgan fingerprint density at radius 1 is 1.20 bits per heavy atom. The molecule has 1 aromatic carbocycles. The van der Waals surface area contributed by atoms with Crippen molar-refractivity contribution in [2.45, 2.75) is 26.7 Å². The predicted octanol–water partition coefficient (Wildman–Crippen LogP) is 4.82. The Morgan fingerprint density at radius 2 is 1.85 bits per heavy atom. The number of rotatable bonds is 4. The first-order valence-electron chi connectivity index (χ1n) is 6.41. The number of hydrogen-bond donors (Lipinski definition) is 0. The second-order valence-electron chi connectivity index (χ2n) is 5.09. The second kappa shape index (κ2) is 6.64. The minimum Gasteiger partial charge on any atom is -0.236 e. The number of halogens is 3. The van der Waals surface area contributed by atoms with Crippen LogP contribution in [-0.2, 0) is 12.8 Å². The lowest BCUT2D eigenvalue weighted by molar-refractivity contribution is 0.625. The lowest BCUT2D eigenvalue weighted by atomic mass is 10.1. The smallest absolute Gasteiger partial charge is 0.147 e. The molecule has 0 radical (unpaired) electrons. The average molecular weight is 358 g/mol. The first kappa shape index (κ1) is 15.4. The van der Waals surface area contributed by atoms with Crippen molar-refractivity contribution in [2.24, 2.45) is 5.92 Å². The van der Waals surface area contributed by atoms with E-state index in [1.54, 1.807) is 12.1 Å². The van der Waals surface area contributed by atoms with Gasteiger partial charge in [0.05, 0.1) is 10.2 Å². The Kier molecular flexibility index (Phi) is 5.11. The second-order valence-corrected chi connectivity index (χ2v) is 6.24. The van der Waals surface area contributed by atoms with Gasteiger partial charge in [0.1, 0.15) is 16.8 Å². The maximum absolute atomic E-state index is 12.9. The van der Waals surface area contributed by atoms with E-state index in [1.807, 2.05) is 0 Å². The van der Waals surface area contributed by atoms with Crippen molar-refractivity contribution in [1.29, 1.82) is 0 Å². The van der Waals surface area contributed by atoms with Crippen LogP contribution >= 0.6 is 27.5 Å². The Hall–Kier alpha value is -1.00. The summed E-state index contributed by atoms with van der Waals surface area (Å²) in [5, 5.41) is 0.424. The summed E-state index contributed by atoms with van der Waals surface area (Å²) in [6.07, 6.45) is 1.37. The third-order valence-electron chi connectivity index (χ3n) is 2.80. The molecule has 20 heavy (non-hydrogen) atoms. The van der Waals surface area contributed by atoms with E-state index in [2.05, 4.69) is 39.7 Å². The van der Waals surface area contributed by atoms with Gasteiger partial charge < -0.3 is 0 Å². The first-order chi connectivity index (χ1) is 9.45. The van der Waals surface area contributed by atoms with Crippen molar-refractivity contribution in [3.05, 3.63) is 56.8 Å². The highest BCUT2D eigenvalue weighted by atomic mass is 79.9. The lowest BCUT2D eigenvalue weighted by Crippen LogP contribution is -2.05. The summed E-state index contributed by atoms with van der Waals surface area (Å²) in [7, 11) is 0. The minimum atomic E-state index is -0.246. The van der Waals surface area contributed by atoms with E-state index in [1.165, 1.54) is 12.1 Å². The van der Waals surface area contributed by atoms with Crippen molar-refractivity contribution < 1.29 is 4.39 Å². The summed E-state index contributed by atoms with van der Waals surface area (Å²) in [5.74, 6) is 0.889. The third kappa shape index (κ3) is 4.00. The molecule has 0 aliphatic heterocycles. The van der Waals surface area contributed by atoms with Gasteiger partial charge in [0.25, 0.3) is 0 Å². The van der Waals surface area contributed by atoms with Crippen LogP contribution in [0.3, 0.4) is 0 Å². The monoisotopic (exact) mass is 356 g/mol. The molecule has 2 aromatic rings. The molecule has 0 amide bonds. The molecule has 2 nitrogen and oxygen atoms in total. The summed E-state index contributed by atoms with van der Waals surface area (Å²) in [6.45, 7) is 4.25. The van der Waals surface area contributed by atoms with Gasteiger partial charge in [-0.1, -0.05) is 37.6 Å². The van der Waals surface area contributed by atoms with Gasteiger partial charge in [0, 0.05) is 6.42 Å². The standard InChI is InChI=1S/C15H15BrClFN2/c1-9(2)7-12-14(16)15(17)20-13(19-12)8-10-3-5-11(18)6-4-10/h3-6,9H,7-8H2,1-2H3. The molecule has 0 unspecified atom stereocenters. The fourth-order valence-electron chi connectivity index (χ4n) is 1.90. The maximum Gasteiger partial charge on any atom is 0.147 e. The molecule has 0 saturated carbocycles. The normalized spacial score (nSPS) is 11.1. The topological polar surface area (TPSA) is 25.8 Å². The number of hydrogen-bond acceptors (Lipinski definition) is 2. The van der Waals surface area contributed by atoms with Crippen molar-refractivity contribution in [3.63, 3.8) is 0 Å². The zero-order valence-corrected chi connectivity index (χ0v) is 13.7. The van der Waals surface area contributed by atoms with Crippen LogP contribution in [0, 0.1) is 11.7 Å². The van der Waals surface area contributed by atoms with Crippen molar-refractivity contribution in [3.8, 4) is 0 Å². The van der Waals surface area contributed by atoms with Crippen molar-refractivity contribution in [2.75, 3.05) is 0 Å². The third-order valence-corrected chi connectivity index (χ3v) is 4.14. The Labute approximate surface area is 131 Å². The molecule has 0 bridgehead atoms. The maximum atomic E-state index is 12.9. The predicted molar refractivity (Wildman–Crippen MR) is 82.5 cm³/mol. The molecule has 106 valence electrons. The SMILES string of the molecule is CC(C)Cc1nc(Cc2ccc(F)cc2)nc(Cl)c1Br. The summed E-state index contributed by atoms with van der Waals surface area (Å²) in [5.41, 5.74) is 1.87. The molecule has 0 aliphatic carbocycles. The molecule has 0 N–H and O–H groups in total. The molecule has 2 rings (SSSR count). The van der Waals surface area contributed by atoms with Crippen LogP contribution in [0.5, 0.6) is 0 Å². The van der Waals surface area contributed by atoms with Crippen LogP contribution in [0.4, 0.5) is 4.39 Å². The van der Waals surface area contributed by atoms with Crippen LogP contribution in [-0.4, -0.2) is 9.97 Å². The fourth-order valence-corrected chi connectivity index (χ4v) is 2.44. The van der Waals surface area contributed by atoms with E-state index in [4.69, 9.17) is 11.6 Å². The highest BCUT2D eigenvalue weighted by Gasteiger charge is 2.12. The summed E-state index contributed by atoms with van der Waals surface area (Å²) in [4.78, 5) is 8.83. The molecule has 5 heteroatoms. The summed E-state index contributed by atoms with van der Waals surface area (Å²) >= 11 is 9.57. The Bertz CT molecular complexity index is 600. The van der Waals surface area contributed by atoms with Gasteiger partial charge in [-0.3, -0.25) is 0 Å². The van der Waals surface area contributed by atoms with E-state index >= 15 is 0 Å². The van der Waals surface area contributed by atoms with Crippen LogP contribution in [0.1, 0.15) is 30.9 Å². The van der Waals surface area contributed by atoms with Crippen LogP contribution in [0.25, 0.3) is 0 Å². The number of aromatic nitrogens is 2. The highest BCUT2D eigenvalue weighted by Crippen LogP contribution is 2.26. The van der Waals surface area contributed by atoms with E-state index < -0.39 is 0 Å². The van der Waals surface area contributed by atoms with E-state index in [0.29, 0.717) is 23.3 Å². The molecular formula is C15H15BrClFN2. The fraction of sp³-hybridized carbons (Fsp3) is 0.333. The zero-order chi connectivity index (χ0) is 14.7. The molecule has 0 saturated heterocycles. The number of benzene rings is 1. The Morgan fingerprint density at radius 3 is 2.45 bits per heavy atom. The van der Waals surface area contributed by atoms with Gasteiger partial charge in [-0.2, -0.15) is 0 Å². The minimum absolute atomic E-state index is 0.246. The molecule has 0 atom stereocenters. The van der Waals surface area contributed by atoms with Gasteiger partial charge in [-0.15, -0.1) is 0 Å².